The van der Waals surface area contributed by atoms with Crippen molar-refractivity contribution < 1.29 is 13.6 Å². The molecule has 0 bridgehead atoms. The standard InChI is InChI=1S/C22H21F2N3O2S/c23-16-9-15(10-17(24)12-16)13-30-22-25-19-8-4-3-7-18(19)21(29)27(22)26-20(28)11-14-5-1-2-6-14/h3-4,7-10,12,14H,1-2,5-6,11,13H2,(H,26,28). The van der Waals surface area contributed by atoms with E-state index in [1.165, 1.54) is 12.1 Å². The molecule has 1 fully saturated rings. The van der Waals surface area contributed by atoms with E-state index in [9.17, 15) is 18.4 Å². The molecule has 1 aliphatic rings. The Morgan fingerprint density at radius 2 is 1.83 bits per heavy atom. The minimum Gasteiger partial charge on any atom is -0.273 e. The highest BCUT2D eigenvalue weighted by atomic mass is 32.2. The van der Waals surface area contributed by atoms with Gasteiger partial charge in [-0.3, -0.25) is 15.0 Å². The van der Waals surface area contributed by atoms with Crippen LogP contribution in [0.1, 0.15) is 37.7 Å². The Morgan fingerprint density at radius 3 is 2.57 bits per heavy atom. The maximum Gasteiger partial charge on any atom is 0.281 e. The second-order valence-electron chi connectivity index (χ2n) is 7.51. The summed E-state index contributed by atoms with van der Waals surface area (Å²) in [5.41, 5.74) is 3.23. The maximum atomic E-state index is 13.5. The quantitative estimate of drug-likeness (QED) is 0.459. The van der Waals surface area contributed by atoms with Crippen molar-refractivity contribution in [3.8, 4) is 0 Å². The summed E-state index contributed by atoms with van der Waals surface area (Å²) in [4.78, 5) is 30.1. The van der Waals surface area contributed by atoms with Gasteiger partial charge in [0, 0.05) is 18.2 Å². The van der Waals surface area contributed by atoms with Gasteiger partial charge in [-0.1, -0.05) is 36.7 Å². The molecule has 0 radical (unpaired) electrons. The van der Waals surface area contributed by atoms with E-state index in [1.807, 2.05) is 0 Å². The van der Waals surface area contributed by atoms with Gasteiger partial charge in [0.2, 0.25) is 5.91 Å². The molecule has 3 aromatic rings. The zero-order chi connectivity index (χ0) is 21.1. The molecule has 1 aromatic heterocycles. The summed E-state index contributed by atoms with van der Waals surface area (Å²) >= 11 is 1.14. The zero-order valence-electron chi connectivity index (χ0n) is 16.2. The molecule has 1 aliphatic carbocycles. The number of carbonyl (C=O) groups is 1. The van der Waals surface area contributed by atoms with Crippen LogP contribution in [-0.2, 0) is 10.5 Å². The summed E-state index contributed by atoms with van der Waals surface area (Å²) in [7, 11) is 0. The van der Waals surface area contributed by atoms with Gasteiger partial charge in [-0.05, 0) is 48.6 Å². The first-order valence-electron chi connectivity index (χ1n) is 9.89. The molecule has 1 heterocycles. The maximum absolute atomic E-state index is 13.5. The van der Waals surface area contributed by atoms with Crippen LogP contribution < -0.4 is 11.0 Å². The number of para-hydroxylation sites is 1. The topological polar surface area (TPSA) is 64.0 Å². The third-order valence-electron chi connectivity index (χ3n) is 5.22. The highest BCUT2D eigenvalue weighted by Gasteiger charge is 2.20. The highest BCUT2D eigenvalue weighted by Crippen LogP contribution is 2.28. The van der Waals surface area contributed by atoms with Crippen molar-refractivity contribution in [1.82, 2.24) is 9.66 Å². The molecule has 0 atom stereocenters. The van der Waals surface area contributed by atoms with Gasteiger partial charge >= 0.3 is 0 Å². The van der Waals surface area contributed by atoms with E-state index < -0.39 is 11.6 Å². The first kappa shape index (κ1) is 20.5. The Labute approximate surface area is 176 Å². The smallest absolute Gasteiger partial charge is 0.273 e. The minimum atomic E-state index is -0.667. The molecular formula is C22H21F2N3O2S. The fraction of sp³-hybridized carbons (Fsp3) is 0.318. The lowest BCUT2D eigenvalue weighted by Gasteiger charge is -2.15. The SMILES string of the molecule is O=C(CC1CCCC1)Nn1c(SCc2cc(F)cc(F)c2)nc2ccccc2c1=O. The molecule has 0 spiro atoms. The molecule has 156 valence electrons. The van der Waals surface area contributed by atoms with Crippen molar-refractivity contribution in [2.24, 2.45) is 5.92 Å². The van der Waals surface area contributed by atoms with Crippen LogP contribution >= 0.6 is 11.8 Å². The summed E-state index contributed by atoms with van der Waals surface area (Å²) < 4.78 is 28.1. The van der Waals surface area contributed by atoms with Crippen LogP contribution in [0, 0.1) is 17.6 Å². The summed E-state index contributed by atoms with van der Waals surface area (Å²) in [5, 5.41) is 0.656. The van der Waals surface area contributed by atoms with Gasteiger partial charge in [-0.25, -0.2) is 13.8 Å². The van der Waals surface area contributed by atoms with Gasteiger partial charge in [-0.2, -0.15) is 4.68 Å². The summed E-state index contributed by atoms with van der Waals surface area (Å²) in [6.07, 6.45) is 4.65. The normalized spacial score (nSPS) is 14.3. The number of fused-ring (bicyclic) bond motifs is 1. The highest BCUT2D eigenvalue weighted by molar-refractivity contribution is 7.98. The van der Waals surface area contributed by atoms with Crippen molar-refractivity contribution in [3.63, 3.8) is 0 Å². The van der Waals surface area contributed by atoms with Gasteiger partial charge in [0.1, 0.15) is 11.6 Å². The van der Waals surface area contributed by atoms with Crippen molar-refractivity contribution in [1.29, 1.82) is 0 Å². The predicted octanol–water partition coefficient (Wildman–Crippen LogP) is 4.62. The van der Waals surface area contributed by atoms with E-state index in [0.29, 0.717) is 28.8 Å². The van der Waals surface area contributed by atoms with Crippen molar-refractivity contribution in [3.05, 3.63) is 70.0 Å². The number of hydrogen-bond donors (Lipinski definition) is 1. The largest absolute Gasteiger partial charge is 0.281 e. The molecular weight excluding hydrogens is 408 g/mol. The molecule has 2 aromatic carbocycles. The van der Waals surface area contributed by atoms with Crippen LogP contribution in [0.15, 0.2) is 52.4 Å². The second kappa shape index (κ2) is 8.95. The average molecular weight is 429 g/mol. The molecule has 1 saturated carbocycles. The number of hydrogen-bond acceptors (Lipinski definition) is 4. The lowest BCUT2D eigenvalue weighted by Crippen LogP contribution is -2.35. The van der Waals surface area contributed by atoms with E-state index in [2.05, 4.69) is 10.4 Å². The van der Waals surface area contributed by atoms with E-state index in [-0.39, 0.29) is 22.4 Å². The zero-order valence-corrected chi connectivity index (χ0v) is 17.1. The van der Waals surface area contributed by atoms with Gasteiger partial charge in [0.25, 0.3) is 5.56 Å². The number of nitrogens with one attached hydrogen (secondary N) is 1. The van der Waals surface area contributed by atoms with Gasteiger partial charge in [0.05, 0.1) is 10.9 Å². The first-order valence-corrected chi connectivity index (χ1v) is 10.9. The minimum absolute atomic E-state index is 0.192. The van der Waals surface area contributed by atoms with Gasteiger partial charge in [0.15, 0.2) is 5.16 Å². The van der Waals surface area contributed by atoms with E-state index >= 15 is 0 Å². The van der Waals surface area contributed by atoms with Gasteiger partial charge in [-0.15, -0.1) is 0 Å². The van der Waals surface area contributed by atoms with Crippen LogP contribution in [0.5, 0.6) is 0 Å². The van der Waals surface area contributed by atoms with Crippen LogP contribution in [-0.4, -0.2) is 15.6 Å². The fourth-order valence-electron chi connectivity index (χ4n) is 3.80. The third-order valence-corrected chi connectivity index (χ3v) is 6.23. The molecule has 1 amide bonds. The summed E-state index contributed by atoms with van der Waals surface area (Å²) in [5.74, 6) is -1.04. The number of aromatic nitrogens is 2. The summed E-state index contributed by atoms with van der Waals surface area (Å²) in [6.45, 7) is 0. The molecule has 0 saturated heterocycles. The predicted molar refractivity (Wildman–Crippen MR) is 113 cm³/mol. The third kappa shape index (κ3) is 4.70. The Kier molecular flexibility index (Phi) is 6.13. The molecule has 0 aliphatic heterocycles. The van der Waals surface area contributed by atoms with Crippen molar-refractivity contribution >= 4 is 28.6 Å². The molecule has 5 nitrogen and oxygen atoms in total. The number of benzene rings is 2. The van der Waals surface area contributed by atoms with Crippen molar-refractivity contribution in [2.75, 3.05) is 5.43 Å². The Hall–Kier alpha value is -2.74. The lowest BCUT2D eigenvalue weighted by atomic mass is 10.0. The van der Waals surface area contributed by atoms with Crippen LogP contribution in [0.25, 0.3) is 10.9 Å². The Morgan fingerprint density at radius 1 is 1.13 bits per heavy atom. The number of carbonyl (C=O) groups excluding carboxylic acids is 1. The molecule has 0 unspecified atom stereocenters. The fourth-order valence-corrected chi connectivity index (χ4v) is 4.68. The molecule has 1 N–H and O–H groups in total. The first-order chi connectivity index (χ1) is 14.5. The lowest BCUT2D eigenvalue weighted by molar-refractivity contribution is -0.118. The van der Waals surface area contributed by atoms with Gasteiger partial charge < -0.3 is 0 Å². The Bertz CT molecular complexity index is 1120. The molecule has 4 rings (SSSR count). The van der Waals surface area contributed by atoms with E-state index in [4.69, 9.17) is 0 Å². The number of thioether (sulfide) groups is 1. The average Bonchev–Trinajstić information content (AvgIpc) is 3.21. The van der Waals surface area contributed by atoms with Crippen LogP contribution in [0.3, 0.4) is 0 Å². The number of halogens is 2. The number of nitrogens with zero attached hydrogens (tertiary/aromatic N) is 2. The molecule has 8 heteroatoms. The second-order valence-corrected chi connectivity index (χ2v) is 8.45. The molecule has 30 heavy (non-hydrogen) atoms. The van der Waals surface area contributed by atoms with Crippen LogP contribution in [0.4, 0.5) is 8.78 Å². The monoisotopic (exact) mass is 429 g/mol. The number of rotatable bonds is 6. The van der Waals surface area contributed by atoms with Crippen molar-refractivity contribution in [2.45, 2.75) is 43.0 Å². The van der Waals surface area contributed by atoms with E-state index in [1.54, 1.807) is 24.3 Å². The van der Waals surface area contributed by atoms with Crippen LogP contribution in [0.2, 0.25) is 0 Å². The van der Waals surface area contributed by atoms with E-state index in [0.717, 1.165) is 48.2 Å². The Balaban J connectivity index is 1.63. The number of amides is 1. The summed E-state index contributed by atoms with van der Waals surface area (Å²) in [6, 6.07) is 10.2.